The van der Waals surface area contributed by atoms with Crippen molar-refractivity contribution < 1.29 is 13.2 Å². The first-order valence-electron chi connectivity index (χ1n) is 11.7. The zero-order valence-electron chi connectivity index (χ0n) is 20.5. The van der Waals surface area contributed by atoms with Crippen molar-refractivity contribution >= 4 is 38.9 Å². The second-order valence-electron chi connectivity index (χ2n) is 8.82. The van der Waals surface area contributed by atoms with Crippen LogP contribution in [0, 0.1) is 0 Å². The Morgan fingerprint density at radius 3 is 2.50 bits per heavy atom. The second kappa shape index (κ2) is 11.4. The van der Waals surface area contributed by atoms with E-state index in [1.807, 2.05) is 25.1 Å². The molecule has 1 atom stereocenters. The van der Waals surface area contributed by atoms with Crippen molar-refractivity contribution in [2.24, 2.45) is 0 Å². The minimum Gasteiger partial charge on any atom is -0.424 e. The number of benzene rings is 2. The van der Waals surface area contributed by atoms with E-state index >= 15 is 0 Å². The third-order valence-corrected chi connectivity index (χ3v) is 8.21. The standard InChI is InChI=1S/C24H30Cl2N6O3S/c1-4-32-23(17(2)29-36(33,34)16-18-8-9-21(25)22(26)14-18)27-28-24(32)35-20-7-5-6-19(15-20)31-12-10-30(3)11-13-31/h5-9,14-15,17,29H,4,10-13,16H2,1-3H3/t17-/m1/s1. The molecule has 1 saturated heterocycles. The first kappa shape index (κ1) is 26.7. The van der Waals surface area contributed by atoms with E-state index in [4.69, 9.17) is 27.9 Å². The van der Waals surface area contributed by atoms with Crippen LogP contribution in [0.2, 0.25) is 10.0 Å². The van der Waals surface area contributed by atoms with Crippen LogP contribution >= 0.6 is 23.2 Å². The number of hydrogen-bond acceptors (Lipinski definition) is 7. The van der Waals surface area contributed by atoms with Crippen molar-refractivity contribution in [3.8, 4) is 11.8 Å². The average Bonchev–Trinajstić information content (AvgIpc) is 3.24. The summed E-state index contributed by atoms with van der Waals surface area (Å²) in [7, 11) is -1.57. The number of sulfonamides is 1. The summed E-state index contributed by atoms with van der Waals surface area (Å²) < 4.78 is 36.1. The van der Waals surface area contributed by atoms with Crippen molar-refractivity contribution in [2.75, 3.05) is 38.1 Å². The molecule has 0 aliphatic carbocycles. The zero-order valence-corrected chi connectivity index (χ0v) is 22.8. The fraction of sp³-hybridized carbons (Fsp3) is 0.417. The van der Waals surface area contributed by atoms with Crippen molar-refractivity contribution in [1.82, 2.24) is 24.4 Å². The Kier molecular flexibility index (Phi) is 8.41. The van der Waals surface area contributed by atoms with Gasteiger partial charge < -0.3 is 14.5 Å². The van der Waals surface area contributed by atoms with E-state index in [1.54, 1.807) is 29.7 Å². The Balaban J connectivity index is 1.46. The van der Waals surface area contributed by atoms with Crippen LogP contribution in [0.3, 0.4) is 0 Å². The number of nitrogens with zero attached hydrogens (tertiary/aromatic N) is 5. The normalized spacial score (nSPS) is 15.8. The van der Waals surface area contributed by atoms with Crippen LogP contribution in [0.15, 0.2) is 42.5 Å². The molecule has 9 nitrogen and oxygen atoms in total. The number of likely N-dealkylation sites (N-methyl/N-ethyl adjacent to an activating group) is 1. The molecular weight excluding hydrogens is 523 g/mol. The lowest BCUT2D eigenvalue weighted by molar-refractivity contribution is 0.312. The van der Waals surface area contributed by atoms with E-state index in [2.05, 4.69) is 37.8 Å². The lowest BCUT2D eigenvalue weighted by Crippen LogP contribution is -2.44. The number of halogens is 2. The molecule has 0 saturated carbocycles. The van der Waals surface area contributed by atoms with Crippen LogP contribution < -0.4 is 14.4 Å². The van der Waals surface area contributed by atoms with Crippen molar-refractivity contribution in [2.45, 2.75) is 32.2 Å². The van der Waals surface area contributed by atoms with E-state index in [1.165, 1.54) is 0 Å². The molecule has 4 rings (SSSR count). The van der Waals surface area contributed by atoms with Gasteiger partial charge in [0.2, 0.25) is 10.0 Å². The lowest BCUT2D eigenvalue weighted by atomic mass is 10.2. The van der Waals surface area contributed by atoms with E-state index in [9.17, 15) is 8.42 Å². The van der Waals surface area contributed by atoms with Gasteiger partial charge in [-0.15, -0.1) is 5.10 Å². The number of nitrogens with one attached hydrogen (secondary N) is 1. The summed E-state index contributed by atoms with van der Waals surface area (Å²) in [5.74, 6) is 0.866. The highest BCUT2D eigenvalue weighted by atomic mass is 35.5. The van der Waals surface area contributed by atoms with Gasteiger partial charge in [0.1, 0.15) is 5.75 Å². The van der Waals surface area contributed by atoms with Crippen LogP contribution in [0.5, 0.6) is 11.8 Å². The average molecular weight is 554 g/mol. The van der Waals surface area contributed by atoms with Gasteiger partial charge in [-0.2, -0.15) is 0 Å². The molecular formula is C24H30Cl2N6O3S. The predicted octanol–water partition coefficient (Wildman–Crippen LogP) is 4.33. The van der Waals surface area contributed by atoms with Crippen LogP contribution in [-0.4, -0.2) is 61.3 Å². The Morgan fingerprint density at radius 2 is 1.81 bits per heavy atom. The highest BCUT2D eigenvalue weighted by Crippen LogP contribution is 2.28. The minimum atomic E-state index is -3.69. The van der Waals surface area contributed by atoms with Crippen molar-refractivity contribution in [3.05, 3.63) is 63.9 Å². The Bertz CT molecular complexity index is 1310. The van der Waals surface area contributed by atoms with E-state index in [-0.39, 0.29) is 5.75 Å². The Labute approximate surface area is 222 Å². The van der Waals surface area contributed by atoms with Gasteiger partial charge in [0.25, 0.3) is 0 Å². The molecule has 12 heteroatoms. The molecule has 1 aromatic heterocycles. The maximum atomic E-state index is 12.8. The molecule has 1 aliphatic rings. The van der Waals surface area contributed by atoms with Gasteiger partial charge in [0.05, 0.1) is 21.8 Å². The molecule has 0 spiro atoms. The summed E-state index contributed by atoms with van der Waals surface area (Å²) in [5, 5.41) is 9.10. The minimum absolute atomic E-state index is 0.239. The molecule has 1 fully saturated rings. The molecule has 194 valence electrons. The van der Waals surface area contributed by atoms with Gasteiger partial charge >= 0.3 is 6.01 Å². The summed E-state index contributed by atoms with van der Waals surface area (Å²) in [6.07, 6.45) is 0. The number of hydrogen-bond donors (Lipinski definition) is 1. The van der Waals surface area contributed by atoms with Gasteiger partial charge in [-0.05, 0) is 50.7 Å². The summed E-state index contributed by atoms with van der Waals surface area (Å²) in [4.78, 5) is 4.63. The maximum Gasteiger partial charge on any atom is 0.322 e. The van der Waals surface area contributed by atoms with Crippen molar-refractivity contribution in [3.63, 3.8) is 0 Å². The molecule has 1 aliphatic heterocycles. The van der Waals surface area contributed by atoms with Gasteiger partial charge in [-0.3, -0.25) is 4.57 Å². The highest BCUT2D eigenvalue weighted by Gasteiger charge is 2.24. The number of rotatable bonds is 9. The molecule has 0 unspecified atom stereocenters. The lowest BCUT2D eigenvalue weighted by Gasteiger charge is -2.34. The fourth-order valence-electron chi connectivity index (χ4n) is 4.12. The maximum absolute atomic E-state index is 12.8. The van der Waals surface area contributed by atoms with Crippen LogP contribution in [0.1, 0.15) is 31.3 Å². The summed E-state index contributed by atoms with van der Waals surface area (Å²) >= 11 is 12.0. The smallest absolute Gasteiger partial charge is 0.322 e. The molecule has 2 heterocycles. The molecule has 0 bridgehead atoms. The van der Waals surface area contributed by atoms with Gasteiger partial charge in [-0.1, -0.05) is 40.4 Å². The topological polar surface area (TPSA) is 92.6 Å². The Morgan fingerprint density at radius 1 is 1.06 bits per heavy atom. The second-order valence-corrected chi connectivity index (χ2v) is 11.4. The van der Waals surface area contributed by atoms with Crippen LogP contribution in [-0.2, 0) is 22.3 Å². The van der Waals surface area contributed by atoms with Crippen LogP contribution in [0.4, 0.5) is 5.69 Å². The van der Waals surface area contributed by atoms with E-state index in [0.717, 1.165) is 31.9 Å². The predicted molar refractivity (Wildman–Crippen MR) is 143 cm³/mol. The van der Waals surface area contributed by atoms with Gasteiger partial charge in [0, 0.05) is 44.5 Å². The molecule has 1 N–H and O–H groups in total. The molecule has 2 aromatic carbocycles. The zero-order chi connectivity index (χ0) is 25.9. The summed E-state index contributed by atoms with van der Waals surface area (Å²) in [6, 6.07) is 12.3. The summed E-state index contributed by atoms with van der Waals surface area (Å²) in [5.41, 5.74) is 1.62. The van der Waals surface area contributed by atoms with Crippen LogP contribution in [0.25, 0.3) is 0 Å². The number of aromatic nitrogens is 3. The molecule has 36 heavy (non-hydrogen) atoms. The van der Waals surface area contributed by atoms with Crippen molar-refractivity contribution in [1.29, 1.82) is 0 Å². The van der Waals surface area contributed by atoms with Gasteiger partial charge in [-0.25, -0.2) is 13.1 Å². The highest BCUT2D eigenvalue weighted by molar-refractivity contribution is 7.88. The quantitative estimate of drug-likeness (QED) is 0.422. The third-order valence-electron chi connectivity index (χ3n) is 6.04. The first-order chi connectivity index (χ1) is 17.1. The van der Waals surface area contributed by atoms with Gasteiger partial charge in [0.15, 0.2) is 5.82 Å². The largest absolute Gasteiger partial charge is 0.424 e. The fourth-order valence-corrected chi connectivity index (χ4v) is 5.79. The summed E-state index contributed by atoms with van der Waals surface area (Å²) in [6.45, 7) is 8.09. The number of anilines is 1. The number of ether oxygens (including phenoxy) is 1. The first-order valence-corrected chi connectivity index (χ1v) is 14.1. The molecule has 0 radical (unpaired) electrons. The van der Waals surface area contributed by atoms with E-state index < -0.39 is 16.1 Å². The Hall–Kier alpha value is -2.37. The monoisotopic (exact) mass is 552 g/mol. The SMILES string of the molecule is CCn1c(Oc2cccc(N3CCN(C)CC3)c2)nnc1[C@@H](C)NS(=O)(=O)Cc1ccc(Cl)c(Cl)c1. The molecule has 3 aromatic rings. The number of piperazine rings is 1. The third kappa shape index (κ3) is 6.49. The van der Waals surface area contributed by atoms with E-state index in [0.29, 0.717) is 39.7 Å². The molecule has 0 amide bonds.